The van der Waals surface area contributed by atoms with Gasteiger partial charge in [0.25, 0.3) is 0 Å². The second-order valence-corrected chi connectivity index (χ2v) is 8.46. The Hall–Kier alpha value is -2.57. The molecule has 0 bridgehead atoms. The van der Waals surface area contributed by atoms with E-state index in [0.29, 0.717) is 11.0 Å². The van der Waals surface area contributed by atoms with E-state index in [-0.39, 0.29) is 11.8 Å². The third-order valence-electron chi connectivity index (χ3n) is 6.54. The zero-order chi connectivity index (χ0) is 20.5. The van der Waals surface area contributed by atoms with E-state index < -0.39 is 11.1 Å². The molecule has 156 valence electrons. The van der Waals surface area contributed by atoms with Crippen molar-refractivity contribution in [1.82, 2.24) is 9.13 Å². The SMILES string of the molecule is Cn1c(=O)c(=O)n(C)c2cc(N3CCCCC3)c(NC(=O)C3CCCCC3)cc21. The number of benzene rings is 1. The highest BCUT2D eigenvalue weighted by molar-refractivity contribution is 5.99. The molecule has 1 aliphatic carbocycles. The molecule has 1 amide bonds. The third-order valence-corrected chi connectivity index (χ3v) is 6.54. The van der Waals surface area contributed by atoms with Crippen LogP contribution in [0.4, 0.5) is 11.4 Å². The molecule has 0 radical (unpaired) electrons. The molecule has 1 saturated carbocycles. The molecule has 7 nitrogen and oxygen atoms in total. The maximum Gasteiger partial charge on any atom is 0.316 e. The Kier molecular flexibility index (Phi) is 5.48. The van der Waals surface area contributed by atoms with Crippen LogP contribution in [0.25, 0.3) is 11.0 Å². The number of carbonyl (C=O) groups excluding carboxylic acids is 1. The highest BCUT2D eigenvalue weighted by atomic mass is 16.2. The van der Waals surface area contributed by atoms with Crippen LogP contribution in [-0.2, 0) is 18.9 Å². The summed E-state index contributed by atoms with van der Waals surface area (Å²) in [4.78, 5) is 39.9. The minimum absolute atomic E-state index is 0.0533. The number of nitrogens with zero attached hydrogens (tertiary/aromatic N) is 3. The number of aryl methyl sites for hydroxylation is 2. The second-order valence-electron chi connectivity index (χ2n) is 8.46. The number of hydrogen-bond acceptors (Lipinski definition) is 4. The molecule has 0 atom stereocenters. The zero-order valence-corrected chi connectivity index (χ0v) is 17.4. The van der Waals surface area contributed by atoms with Crippen molar-refractivity contribution in [3.63, 3.8) is 0 Å². The molecule has 29 heavy (non-hydrogen) atoms. The minimum atomic E-state index is -0.560. The summed E-state index contributed by atoms with van der Waals surface area (Å²) in [5, 5.41) is 3.17. The molecule has 7 heteroatoms. The van der Waals surface area contributed by atoms with Gasteiger partial charge in [-0.15, -0.1) is 0 Å². The summed E-state index contributed by atoms with van der Waals surface area (Å²) in [7, 11) is 3.24. The van der Waals surface area contributed by atoms with E-state index >= 15 is 0 Å². The van der Waals surface area contributed by atoms with E-state index in [9.17, 15) is 14.4 Å². The summed E-state index contributed by atoms with van der Waals surface area (Å²) in [5.74, 6) is 0.120. The van der Waals surface area contributed by atoms with Gasteiger partial charge in [-0.2, -0.15) is 0 Å². The van der Waals surface area contributed by atoms with Crippen LogP contribution in [0.15, 0.2) is 21.7 Å². The van der Waals surface area contributed by atoms with Crippen molar-refractivity contribution in [2.24, 2.45) is 20.0 Å². The Bertz CT molecular complexity index is 1040. The molecule has 2 aliphatic rings. The predicted molar refractivity (Wildman–Crippen MR) is 116 cm³/mol. The Morgan fingerprint density at radius 3 is 2.03 bits per heavy atom. The summed E-state index contributed by atoms with van der Waals surface area (Å²) in [6, 6.07) is 3.82. The molecule has 1 aromatic heterocycles. The van der Waals surface area contributed by atoms with Gasteiger partial charge in [0.1, 0.15) is 0 Å². The standard InChI is InChI=1S/C22H30N4O3/c1-24-18-13-16(23-20(27)15-9-5-3-6-10-15)17(26-11-7-4-8-12-26)14-19(18)25(2)22(29)21(24)28/h13-15H,3-12H2,1-2H3,(H,23,27). The van der Waals surface area contributed by atoms with Crippen molar-refractivity contribution in [3.05, 3.63) is 32.8 Å². The van der Waals surface area contributed by atoms with Gasteiger partial charge in [0, 0.05) is 33.1 Å². The first kappa shape index (κ1) is 19.7. The van der Waals surface area contributed by atoms with E-state index in [2.05, 4.69) is 10.2 Å². The van der Waals surface area contributed by atoms with Crippen molar-refractivity contribution >= 4 is 28.3 Å². The van der Waals surface area contributed by atoms with Crippen LogP contribution in [0.2, 0.25) is 0 Å². The van der Waals surface area contributed by atoms with E-state index in [1.54, 1.807) is 14.1 Å². The largest absolute Gasteiger partial charge is 0.370 e. The first-order valence-electron chi connectivity index (χ1n) is 10.8. The quantitative estimate of drug-likeness (QED) is 0.807. The summed E-state index contributed by atoms with van der Waals surface area (Å²) < 4.78 is 2.80. The molecule has 0 unspecified atom stereocenters. The van der Waals surface area contributed by atoms with Gasteiger partial charge in [-0.05, 0) is 44.2 Å². The number of hydrogen-bond donors (Lipinski definition) is 1. The summed E-state index contributed by atoms with van der Waals surface area (Å²) in [5.41, 5.74) is 1.93. The van der Waals surface area contributed by atoms with Crippen LogP contribution in [0.3, 0.4) is 0 Å². The number of anilines is 2. The lowest BCUT2D eigenvalue weighted by molar-refractivity contribution is -0.120. The third kappa shape index (κ3) is 3.70. The average molecular weight is 399 g/mol. The molecule has 2 aromatic rings. The zero-order valence-electron chi connectivity index (χ0n) is 17.4. The lowest BCUT2D eigenvalue weighted by Crippen LogP contribution is -2.39. The molecule has 2 heterocycles. The van der Waals surface area contributed by atoms with Crippen LogP contribution >= 0.6 is 0 Å². The topological polar surface area (TPSA) is 76.3 Å². The number of aromatic nitrogens is 2. The fraction of sp³-hybridized carbons (Fsp3) is 0.591. The van der Waals surface area contributed by atoms with Gasteiger partial charge in [0.2, 0.25) is 5.91 Å². The van der Waals surface area contributed by atoms with Crippen molar-refractivity contribution in [3.8, 4) is 0 Å². The maximum absolute atomic E-state index is 13.0. The van der Waals surface area contributed by atoms with E-state index in [4.69, 9.17) is 0 Å². The van der Waals surface area contributed by atoms with Gasteiger partial charge in [-0.3, -0.25) is 14.4 Å². The van der Waals surface area contributed by atoms with Gasteiger partial charge in [0.05, 0.1) is 22.4 Å². The fourth-order valence-corrected chi connectivity index (χ4v) is 4.70. The van der Waals surface area contributed by atoms with Crippen molar-refractivity contribution in [2.75, 3.05) is 23.3 Å². The number of fused-ring (bicyclic) bond motifs is 1. The highest BCUT2D eigenvalue weighted by Gasteiger charge is 2.24. The number of nitrogens with one attached hydrogen (secondary N) is 1. The fourth-order valence-electron chi connectivity index (χ4n) is 4.70. The van der Waals surface area contributed by atoms with E-state index in [1.807, 2.05) is 12.1 Å². The molecule has 4 rings (SSSR count). The Morgan fingerprint density at radius 1 is 0.862 bits per heavy atom. The molecule has 1 N–H and O–H groups in total. The van der Waals surface area contributed by atoms with Crippen LogP contribution in [0.5, 0.6) is 0 Å². The van der Waals surface area contributed by atoms with Crippen LogP contribution in [0, 0.1) is 5.92 Å². The van der Waals surface area contributed by atoms with Gasteiger partial charge in [0.15, 0.2) is 0 Å². The summed E-state index contributed by atoms with van der Waals surface area (Å²) in [6.07, 6.45) is 8.71. The smallest absolute Gasteiger partial charge is 0.316 e. The van der Waals surface area contributed by atoms with Crippen LogP contribution in [-0.4, -0.2) is 28.1 Å². The highest BCUT2D eigenvalue weighted by Crippen LogP contribution is 2.34. The Labute approximate surface area is 170 Å². The molecular formula is C22H30N4O3. The maximum atomic E-state index is 13.0. The summed E-state index contributed by atoms with van der Waals surface area (Å²) >= 11 is 0. The van der Waals surface area contributed by atoms with Crippen molar-refractivity contribution in [2.45, 2.75) is 51.4 Å². The predicted octanol–water partition coefficient (Wildman–Crippen LogP) is 2.75. The monoisotopic (exact) mass is 398 g/mol. The van der Waals surface area contributed by atoms with Gasteiger partial charge < -0.3 is 19.4 Å². The first-order valence-corrected chi connectivity index (χ1v) is 10.8. The van der Waals surface area contributed by atoms with Gasteiger partial charge >= 0.3 is 11.1 Å². The van der Waals surface area contributed by atoms with Crippen molar-refractivity contribution in [1.29, 1.82) is 0 Å². The number of amides is 1. The molecular weight excluding hydrogens is 368 g/mol. The van der Waals surface area contributed by atoms with Gasteiger partial charge in [-0.1, -0.05) is 19.3 Å². The average Bonchev–Trinajstić information content (AvgIpc) is 2.77. The first-order chi connectivity index (χ1) is 14.0. The number of piperidine rings is 1. The summed E-state index contributed by atoms with van der Waals surface area (Å²) in [6.45, 7) is 1.86. The number of carbonyl (C=O) groups is 1. The lowest BCUT2D eigenvalue weighted by atomic mass is 9.88. The molecule has 1 aromatic carbocycles. The van der Waals surface area contributed by atoms with Crippen molar-refractivity contribution < 1.29 is 4.79 Å². The Balaban J connectivity index is 1.82. The molecule has 1 aliphatic heterocycles. The van der Waals surface area contributed by atoms with Crippen LogP contribution < -0.4 is 21.3 Å². The molecule has 2 fully saturated rings. The number of rotatable bonds is 3. The van der Waals surface area contributed by atoms with Gasteiger partial charge in [-0.25, -0.2) is 0 Å². The van der Waals surface area contributed by atoms with E-state index in [0.717, 1.165) is 63.0 Å². The normalized spacial score (nSPS) is 18.2. The Morgan fingerprint density at radius 2 is 1.41 bits per heavy atom. The molecule has 0 spiro atoms. The van der Waals surface area contributed by atoms with E-state index in [1.165, 1.54) is 22.0 Å². The molecule has 1 saturated heterocycles. The lowest BCUT2D eigenvalue weighted by Gasteiger charge is -2.31. The second kappa shape index (κ2) is 8.05. The van der Waals surface area contributed by atoms with Crippen LogP contribution in [0.1, 0.15) is 51.4 Å². The minimum Gasteiger partial charge on any atom is -0.370 e.